The van der Waals surface area contributed by atoms with Crippen molar-refractivity contribution in [3.8, 4) is 0 Å². The largest absolute Gasteiger partial charge is 0.305 e. The molecule has 1 fully saturated rings. The minimum absolute atomic E-state index is 0.0261. The zero-order chi connectivity index (χ0) is 19.8. The van der Waals surface area contributed by atoms with Crippen LogP contribution in [0.15, 0.2) is 48.5 Å². The zero-order valence-electron chi connectivity index (χ0n) is 16.2. The third-order valence-corrected chi connectivity index (χ3v) is 5.18. The van der Waals surface area contributed by atoms with Crippen molar-refractivity contribution in [2.24, 2.45) is 0 Å². The molecule has 1 saturated carbocycles. The average molecular weight is 387 g/mol. The number of nitrogens with one attached hydrogen (secondary N) is 1. The molecule has 1 N–H and O–H groups in total. The Hall–Kier alpha value is -2.34. The van der Waals surface area contributed by atoms with Crippen molar-refractivity contribution >= 4 is 27.3 Å². The summed E-state index contributed by atoms with van der Waals surface area (Å²) in [6.07, 6.45) is 3.08. The van der Waals surface area contributed by atoms with E-state index in [4.69, 9.17) is 0 Å². The topological polar surface area (TPSA) is 66.5 Å². The maximum absolute atomic E-state index is 13.1. The van der Waals surface area contributed by atoms with Crippen LogP contribution in [0.25, 0.3) is 0 Å². The summed E-state index contributed by atoms with van der Waals surface area (Å²) in [7, 11) is -3.32. The molecule has 27 heavy (non-hydrogen) atoms. The van der Waals surface area contributed by atoms with Crippen LogP contribution in [0, 0.1) is 0 Å². The minimum Gasteiger partial charge on any atom is -0.305 e. The monoisotopic (exact) mass is 386 g/mol. The van der Waals surface area contributed by atoms with Crippen LogP contribution in [-0.4, -0.2) is 26.6 Å². The Morgan fingerprint density at radius 3 is 2.00 bits per heavy atom. The Bertz CT molecular complexity index is 923. The van der Waals surface area contributed by atoms with Crippen molar-refractivity contribution < 1.29 is 13.2 Å². The van der Waals surface area contributed by atoms with Gasteiger partial charge in [0.15, 0.2) is 0 Å². The first-order valence-corrected chi connectivity index (χ1v) is 11.0. The number of carbonyl (C=O) groups is 1. The van der Waals surface area contributed by atoms with Crippen LogP contribution in [0.5, 0.6) is 0 Å². The summed E-state index contributed by atoms with van der Waals surface area (Å²) in [4.78, 5) is 14.9. The molecule has 0 saturated heterocycles. The van der Waals surface area contributed by atoms with Gasteiger partial charge in [-0.25, -0.2) is 8.42 Å². The van der Waals surface area contributed by atoms with Crippen molar-refractivity contribution in [2.75, 3.05) is 15.9 Å². The summed E-state index contributed by atoms with van der Waals surface area (Å²) < 4.78 is 25.1. The summed E-state index contributed by atoms with van der Waals surface area (Å²) in [6.45, 7) is 6.44. The zero-order valence-corrected chi connectivity index (χ0v) is 17.0. The number of hydrogen-bond acceptors (Lipinski definition) is 3. The summed E-state index contributed by atoms with van der Waals surface area (Å²) in [5, 5.41) is 0. The predicted octanol–water partition coefficient (Wildman–Crippen LogP) is 4.16. The first kappa shape index (κ1) is 19.4. The molecule has 1 amide bonds. The molecule has 0 aliphatic heterocycles. The Morgan fingerprint density at radius 2 is 1.56 bits per heavy atom. The molecular weight excluding hydrogens is 360 g/mol. The van der Waals surface area contributed by atoms with Gasteiger partial charge >= 0.3 is 0 Å². The Balaban J connectivity index is 1.84. The van der Waals surface area contributed by atoms with Gasteiger partial charge in [0.1, 0.15) is 0 Å². The van der Waals surface area contributed by atoms with Gasteiger partial charge in [0.05, 0.1) is 6.26 Å². The summed E-state index contributed by atoms with van der Waals surface area (Å²) >= 11 is 0. The fourth-order valence-electron chi connectivity index (χ4n) is 2.98. The number of sulfonamides is 1. The Morgan fingerprint density at radius 1 is 1.00 bits per heavy atom. The lowest BCUT2D eigenvalue weighted by Gasteiger charge is -2.24. The molecule has 0 aromatic heterocycles. The van der Waals surface area contributed by atoms with E-state index in [2.05, 4.69) is 25.5 Å². The second-order valence-electron chi connectivity index (χ2n) is 8.15. The highest BCUT2D eigenvalue weighted by atomic mass is 32.2. The molecule has 0 spiro atoms. The van der Waals surface area contributed by atoms with Crippen molar-refractivity contribution in [1.82, 2.24) is 0 Å². The van der Waals surface area contributed by atoms with E-state index >= 15 is 0 Å². The molecule has 5 nitrogen and oxygen atoms in total. The third-order valence-electron chi connectivity index (χ3n) is 4.58. The van der Waals surface area contributed by atoms with Gasteiger partial charge in [-0.1, -0.05) is 32.9 Å². The molecule has 0 radical (unpaired) electrons. The molecule has 1 aliphatic carbocycles. The Labute approximate surface area is 161 Å². The van der Waals surface area contributed by atoms with Crippen LogP contribution in [0.2, 0.25) is 0 Å². The van der Waals surface area contributed by atoms with E-state index in [0.717, 1.165) is 24.8 Å². The number of hydrogen-bond donors (Lipinski definition) is 1. The third kappa shape index (κ3) is 4.89. The quantitative estimate of drug-likeness (QED) is 0.839. The number of benzene rings is 2. The van der Waals surface area contributed by atoms with E-state index in [-0.39, 0.29) is 17.4 Å². The SMILES string of the molecule is CC(C)(C)c1ccc(C(=O)N(c2ccc(NS(C)(=O)=O)cc2)C2CC2)cc1. The second-order valence-corrected chi connectivity index (χ2v) is 9.90. The molecule has 0 unspecified atom stereocenters. The van der Waals surface area contributed by atoms with Crippen LogP contribution in [0.4, 0.5) is 11.4 Å². The Kier molecular flexibility index (Phi) is 5.04. The van der Waals surface area contributed by atoms with Crippen LogP contribution in [0.1, 0.15) is 49.5 Å². The van der Waals surface area contributed by atoms with E-state index in [1.54, 1.807) is 24.3 Å². The van der Waals surface area contributed by atoms with Crippen LogP contribution >= 0.6 is 0 Å². The normalized spacial score (nSPS) is 14.7. The van der Waals surface area contributed by atoms with Gasteiger partial charge in [0.25, 0.3) is 5.91 Å². The van der Waals surface area contributed by atoms with Crippen LogP contribution in [0.3, 0.4) is 0 Å². The molecule has 0 heterocycles. The van der Waals surface area contributed by atoms with Crippen LogP contribution < -0.4 is 9.62 Å². The van der Waals surface area contributed by atoms with Gasteiger partial charge in [-0.3, -0.25) is 9.52 Å². The smallest absolute Gasteiger partial charge is 0.258 e. The van der Waals surface area contributed by atoms with Gasteiger partial charge in [0.2, 0.25) is 10.0 Å². The molecule has 3 rings (SSSR count). The molecular formula is C21H26N2O3S. The fraction of sp³-hybridized carbons (Fsp3) is 0.381. The van der Waals surface area contributed by atoms with Gasteiger partial charge < -0.3 is 4.90 Å². The molecule has 6 heteroatoms. The predicted molar refractivity (Wildman–Crippen MR) is 110 cm³/mol. The lowest BCUT2D eigenvalue weighted by molar-refractivity contribution is 0.0985. The fourth-order valence-corrected chi connectivity index (χ4v) is 3.55. The van der Waals surface area contributed by atoms with E-state index in [1.165, 1.54) is 5.56 Å². The van der Waals surface area contributed by atoms with Crippen LogP contribution in [-0.2, 0) is 15.4 Å². The number of carbonyl (C=O) groups excluding carboxylic acids is 1. The number of nitrogens with zero attached hydrogens (tertiary/aromatic N) is 1. The second kappa shape index (κ2) is 7.00. The summed E-state index contributed by atoms with van der Waals surface area (Å²) in [6, 6.07) is 14.9. The molecule has 2 aromatic rings. The van der Waals surface area contributed by atoms with E-state index in [0.29, 0.717) is 11.3 Å². The summed E-state index contributed by atoms with van der Waals surface area (Å²) in [5.74, 6) is -0.0261. The van der Waals surface area contributed by atoms with Gasteiger partial charge in [-0.15, -0.1) is 0 Å². The minimum atomic E-state index is -3.32. The molecule has 0 atom stereocenters. The van der Waals surface area contributed by atoms with E-state index in [1.807, 2.05) is 29.2 Å². The first-order valence-electron chi connectivity index (χ1n) is 9.06. The highest BCUT2D eigenvalue weighted by molar-refractivity contribution is 7.92. The standard InChI is InChI=1S/C21H26N2O3S/c1-21(2,3)16-7-5-15(6-8-16)20(24)23(19-13-14-19)18-11-9-17(10-12-18)22-27(4,25)26/h5-12,19,22H,13-14H2,1-4H3. The average Bonchev–Trinajstić information content (AvgIpc) is 3.39. The van der Waals surface area contributed by atoms with Crippen molar-refractivity contribution in [2.45, 2.75) is 45.1 Å². The molecule has 144 valence electrons. The number of amides is 1. The van der Waals surface area contributed by atoms with Gasteiger partial charge in [-0.2, -0.15) is 0 Å². The highest BCUT2D eigenvalue weighted by Gasteiger charge is 2.34. The first-order chi connectivity index (χ1) is 12.5. The lowest BCUT2D eigenvalue weighted by atomic mass is 9.86. The van der Waals surface area contributed by atoms with Gasteiger partial charge in [0, 0.05) is 23.0 Å². The lowest BCUT2D eigenvalue weighted by Crippen LogP contribution is -2.33. The molecule has 2 aromatic carbocycles. The van der Waals surface area contributed by atoms with Crippen molar-refractivity contribution in [3.05, 3.63) is 59.7 Å². The number of anilines is 2. The van der Waals surface area contributed by atoms with E-state index in [9.17, 15) is 13.2 Å². The van der Waals surface area contributed by atoms with Gasteiger partial charge in [-0.05, 0) is 60.2 Å². The number of rotatable bonds is 5. The highest BCUT2D eigenvalue weighted by Crippen LogP contribution is 2.34. The maximum Gasteiger partial charge on any atom is 0.258 e. The summed E-state index contributed by atoms with van der Waals surface area (Å²) in [5.41, 5.74) is 3.15. The van der Waals surface area contributed by atoms with Crippen molar-refractivity contribution in [3.63, 3.8) is 0 Å². The molecule has 0 bridgehead atoms. The maximum atomic E-state index is 13.1. The van der Waals surface area contributed by atoms with E-state index < -0.39 is 10.0 Å². The van der Waals surface area contributed by atoms with Crippen molar-refractivity contribution in [1.29, 1.82) is 0 Å². The molecule has 1 aliphatic rings.